The number of amides is 1. The molecule has 2 aromatic rings. The lowest BCUT2D eigenvalue weighted by molar-refractivity contribution is 0.0502. The van der Waals surface area contributed by atoms with Gasteiger partial charge >= 0.3 is 6.09 Å². The molecule has 1 aromatic heterocycles. The minimum Gasteiger partial charge on any atom is -0.444 e. The van der Waals surface area contributed by atoms with Crippen LogP contribution >= 0.6 is 0 Å². The number of nitrogens with zero attached hydrogens (tertiary/aromatic N) is 2. The van der Waals surface area contributed by atoms with Gasteiger partial charge in [0, 0.05) is 37.4 Å². The molecule has 1 aliphatic carbocycles. The molecular formula is C28H40FN3O3Si. The Morgan fingerprint density at radius 2 is 2.00 bits per heavy atom. The van der Waals surface area contributed by atoms with E-state index < -0.39 is 25.6 Å². The largest absolute Gasteiger partial charge is 0.444 e. The van der Waals surface area contributed by atoms with E-state index in [9.17, 15) is 10.1 Å². The van der Waals surface area contributed by atoms with Crippen molar-refractivity contribution < 1.29 is 18.7 Å². The van der Waals surface area contributed by atoms with Crippen LogP contribution in [0.15, 0.2) is 12.1 Å². The molecule has 8 heteroatoms. The van der Waals surface area contributed by atoms with Crippen molar-refractivity contribution in [3.8, 4) is 6.07 Å². The second-order valence-electron chi connectivity index (χ2n) is 12.0. The molecule has 6 nitrogen and oxygen atoms in total. The molecule has 0 bridgehead atoms. The quantitative estimate of drug-likeness (QED) is 0.318. The van der Waals surface area contributed by atoms with Gasteiger partial charge in [0.25, 0.3) is 0 Å². The third-order valence-corrected chi connectivity index (χ3v) is 8.30. The Labute approximate surface area is 215 Å². The second-order valence-corrected chi connectivity index (χ2v) is 17.6. The molecule has 1 heterocycles. The molecule has 1 aliphatic rings. The number of aryl methyl sites for hydroxylation is 1. The molecule has 1 atom stereocenters. The van der Waals surface area contributed by atoms with Crippen LogP contribution in [0.5, 0.6) is 0 Å². The highest BCUT2D eigenvalue weighted by molar-refractivity contribution is 6.76. The van der Waals surface area contributed by atoms with Gasteiger partial charge in [-0.15, -0.1) is 0 Å². The predicted octanol–water partition coefficient (Wildman–Crippen LogP) is 7.04. The number of alkyl carbamates (subject to hydrolysis) is 1. The van der Waals surface area contributed by atoms with Gasteiger partial charge < -0.3 is 19.4 Å². The fourth-order valence-corrected chi connectivity index (χ4v) is 5.40. The van der Waals surface area contributed by atoms with Gasteiger partial charge in [-0.05, 0) is 77.1 Å². The highest BCUT2D eigenvalue weighted by Gasteiger charge is 2.27. The van der Waals surface area contributed by atoms with Gasteiger partial charge in [0.15, 0.2) is 0 Å². The van der Waals surface area contributed by atoms with Crippen molar-refractivity contribution in [3.63, 3.8) is 0 Å². The van der Waals surface area contributed by atoms with Crippen molar-refractivity contribution in [2.24, 2.45) is 0 Å². The molecule has 3 rings (SSSR count). The van der Waals surface area contributed by atoms with Crippen molar-refractivity contribution in [2.45, 2.75) is 97.9 Å². The molecule has 0 spiro atoms. The average Bonchev–Trinajstić information content (AvgIpc) is 2.99. The summed E-state index contributed by atoms with van der Waals surface area (Å²) in [5, 5.41) is 13.6. The first kappa shape index (κ1) is 27.9. The van der Waals surface area contributed by atoms with Crippen LogP contribution in [0.25, 0.3) is 16.5 Å². The Hall–Kier alpha value is -2.63. The zero-order valence-electron chi connectivity index (χ0n) is 23.0. The Kier molecular flexibility index (Phi) is 8.36. The lowest BCUT2D eigenvalue weighted by Crippen LogP contribution is -2.39. The van der Waals surface area contributed by atoms with E-state index in [1.165, 1.54) is 6.07 Å². The number of rotatable bonds is 7. The van der Waals surface area contributed by atoms with Gasteiger partial charge in [-0.3, -0.25) is 0 Å². The minimum absolute atomic E-state index is 0.154. The standard InChI is InChI=1S/C28H40FN3O3Si/c1-18-19(2)32(17-34-12-13-36(6,7)8)26-21(16-30)15-23(29)25(24(18)26)20-10-9-11-22(14-20)31-27(33)35-28(3,4)5/h10,15,22H,9,11-14,17H2,1-8H3,(H,31,33)/t22-/m0/s1. The number of halogens is 1. The summed E-state index contributed by atoms with van der Waals surface area (Å²) in [6, 6.07) is 4.42. The number of nitrogens with one attached hydrogen (secondary N) is 1. The molecule has 1 amide bonds. The molecule has 196 valence electrons. The van der Waals surface area contributed by atoms with E-state index in [0.717, 1.165) is 41.1 Å². The van der Waals surface area contributed by atoms with Gasteiger partial charge in [-0.2, -0.15) is 5.26 Å². The summed E-state index contributed by atoms with van der Waals surface area (Å²) in [6.07, 6.45) is 3.55. The van der Waals surface area contributed by atoms with Crippen LogP contribution in [-0.4, -0.2) is 37.0 Å². The Morgan fingerprint density at radius 1 is 1.31 bits per heavy atom. The van der Waals surface area contributed by atoms with E-state index in [1.807, 2.05) is 45.3 Å². The van der Waals surface area contributed by atoms with Crippen LogP contribution in [0.2, 0.25) is 25.7 Å². The van der Waals surface area contributed by atoms with Crippen molar-refractivity contribution in [1.82, 2.24) is 9.88 Å². The summed E-state index contributed by atoms with van der Waals surface area (Å²) in [6.45, 7) is 17.3. The summed E-state index contributed by atoms with van der Waals surface area (Å²) >= 11 is 0. The third-order valence-electron chi connectivity index (χ3n) is 6.60. The van der Waals surface area contributed by atoms with Crippen LogP contribution in [-0.2, 0) is 16.2 Å². The summed E-state index contributed by atoms with van der Waals surface area (Å²) in [5.74, 6) is -0.414. The predicted molar refractivity (Wildman–Crippen MR) is 145 cm³/mol. The smallest absolute Gasteiger partial charge is 0.407 e. The molecule has 0 saturated heterocycles. The fraction of sp³-hybridized carbons (Fsp3) is 0.571. The van der Waals surface area contributed by atoms with Gasteiger partial charge in [0.2, 0.25) is 0 Å². The maximum absolute atomic E-state index is 15.6. The number of allylic oxidation sites excluding steroid dienone is 1. The zero-order valence-corrected chi connectivity index (χ0v) is 24.0. The molecular weight excluding hydrogens is 473 g/mol. The number of fused-ring (bicyclic) bond motifs is 1. The molecule has 1 N–H and O–H groups in total. The maximum atomic E-state index is 15.6. The normalized spacial score (nSPS) is 16.6. The second kappa shape index (κ2) is 10.8. The highest BCUT2D eigenvalue weighted by Crippen LogP contribution is 2.39. The molecule has 36 heavy (non-hydrogen) atoms. The van der Waals surface area contributed by atoms with E-state index >= 15 is 4.39 Å². The van der Waals surface area contributed by atoms with Gasteiger partial charge in [0.05, 0.1) is 11.1 Å². The van der Waals surface area contributed by atoms with Crippen molar-refractivity contribution in [2.75, 3.05) is 6.61 Å². The lowest BCUT2D eigenvalue weighted by atomic mass is 9.87. The van der Waals surface area contributed by atoms with Crippen molar-refractivity contribution in [3.05, 3.63) is 40.3 Å². The molecule has 0 unspecified atom stereocenters. The van der Waals surface area contributed by atoms with E-state index in [2.05, 4.69) is 31.0 Å². The van der Waals surface area contributed by atoms with E-state index in [1.54, 1.807) is 0 Å². The topological polar surface area (TPSA) is 76.3 Å². The Bertz CT molecular complexity index is 1210. The minimum atomic E-state index is -1.23. The van der Waals surface area contributed by atoms with E-state index in [0.29, 0.717) is 36.4 Å². The first-order valence-electron chi connectivity index (χ1n) is 12.7. The van der Waals surface area contributed by atoms with Crippen molar-refractivity contribution >= 4 is 30.6 Å². The first-order valence-corrected chi connectivity index (χ1v) is 16.4. The monoisotopic (exact) mass is 513 g/mol. The number of aromatic nitrogens is 1. The van der Waals surface area contributed by atoms with E-state index in [-0.39, 0.29) is 6.04 Å². The Morgan fingerprint density at radius 3 is 2.61 bits per heavy atom. The summed E-state index contributed by atoms with van der Waals surface area (Å²) in [7, 11) is -1.23. The van der Waals surface area contributed by atoms with Crippen LogP contribution < -0.4 is 5.32 Å². The summed E-state index contributed by atoms with van der Waals surface area (Å²) in [5.41, 5.74) is 3.68. The average molecular weight is 514 g/mol. The first-order chi connectivity index (χ1) is 16.7. The van der Waals surface area contributed by atoms with Gasteiger partial charge in [-0.1, -0.05) is 25.7 Å². The SMILES string of the molecule is Cc1c(C)n(COCC[Si](C)(C)C)c2c(C#N)cc(F)c(C3=CCC[C@H](NC(=O)OC(C)(C)C)C3)c12. The van der Waals surface area contributed by atoms with Crippen molar-refractivity contribution in [1.29, 1.82) is 5.26 Å². The van der Waals surface area contributed by atoms with Crippen LogP contribution in [0.1, 0.15) is 62.4 Å². The number of ether oxygens (including phenoxy) is 2. The molecule has 0 radical (unpaired) electrons. The molecule has 0 saturated carbocycles. The summed E-state index contributed by atoms with van der Waals surface area (Å²) in [4.78, 5) is 12.3. The highest BCUT2D eigenvalue weighted by atomic mass is 28.3. The van der Waals surface area contributed by atoms with E-state index in [4.69, 9.17) is 9.47 Å². The van der Waals surface area contributed by atoms with Crippen LogP contribution in [0.3, 0.4) is 0 Å². The van der Waals surface area contributed by atoms with Gasteiger partial charge in [0.1, 0.15) is 24.2 Å². The number of hydrogen-bond acceptors (Lipinski definition) is 4. The van der Waals surface area contributed by atoms with Crippen LogP contribution in [0, 0.1) is 31.0 Å². The number of nitriles is 1. The number of carbonyl (C=O) groups excluding carboxylic acids is 1. The third kappa shape index (κ3) is 6.57. The zero-order chi connectivity index (χ0) is 26.8. The Balaban J connectivity index is 1.96. The van der Waals surface area contributed by atoms with Gasteiger partial charge in [-0.25, -0.2) is 9.18 Å². The summed E-state index contributed by atoms with van der Waals surface area (Å²) < 4.78 is 29.0. The fourth-order valence-electron chi connectivity index (χ4n) is 4.64. The number of hydrogen-bond donors (Lipinski definition) is 1. The lowest BCUT2D eigenvalue weighted by Gasteiger charge is -2.27. The molecule has 1 aromatic carbocycles. The van der Waals surface area contributed by atoms with Crippen LogP contribution in [0.4, 0.5) is 9.18 Å². The molecule has 0 aliphatic heterocycles. The molecule has 0 fully saturated rings. The number of carbonyl (C=O) groups is 1. The number of benzene rings is 1. The maximum Gasteiger partial charge on any atom is 0.407 e.